The Bertz CT molecular complexity index is 588. The number of rotatable bonds is 7. The Morgan fingerprint density at radius 2 is 1.95 bits per heavy atom. The van der Waals surface area contributed by atoms with Crippen molar-refractivity contribution in [1.82, 2.24) is 9.62 Å². The minimum atomic E-state index is -3.38. The van der Waals surface area contributed by atoms with E-state index in [4.69, 9.17) is 0 Å². The quantitative estimate of drug-likeness (QED) is 0.821. The lowest BCUT2D eigenvalue weighted by Crippen LogP contribution is -2.36. The van der Waals surface area contributed by atoms with E-state index in [9.17, 15) is 17.6 Å². The summed E-state index contributed by atoms with van der Waals surface area (Å²) in [5, 5.41) is 2.68. The molecule has 0 saturated carbocycles. The molecule has 0 spiro atoms. The standard InChI is InChI=1S/C14H21FN2O3S/c1-11(10-12-6-4-5-7-13(12)15)16-14(18)8-9-21(19,20)17(2)3/h4-7,11H,8-10H2,1-3H3,(H,16,18)/t11-/m1/s1. The summed E-state index contributed by atoms with van der Waals surface area (Å²) in [6, 6.07) is 6.10. The van der Waals surface area contributed by atoms with E-state index in [0.717, 1.165) is 4.31 Å². The molecule has 1 aromatic carbocycles. The summed E-state index contributed by atoms with van der Waals surface area (Å²) < 4.78 is 37.7. The number of carbonyl (C=O) groups is 1. The van der Waals surface area contributed by atoms with E-state index in [1.165, 1.54) is 20.2 Å². The Kier molecular flexibility index (Phi) is 6.29. The molecular weight excluding hydrogens is 295 g/mol. The number of nitrogens with one attached hydrogen (secondary N) is 1. The van der Waals surface area contributed by atoms with Gasteiger partial charge in [-0.05, 0) is 25.0 Å². The second kappa shape index (κ2) is 7.51. The van der Waals surface area contributed by atoms with E-state index in [1.807, 2.05) is 0 Å². The molecule has 0 radical (unpaired) electrons. The van der Waals surface area contributed by atoms with Crippen LogP contribution in [0.5, 0.6) is 0 Å². The zero-order valence-electron chi connectivity index (χ0n) is 12.5. The van der Waals surface area contributed by atoms with Crippen LogP contribution < -0.4 is 5.32 Å². The molecule has 21 heavy (non-hydrogen) atoms. The van der Waals surface area contributed by atoms with Crippen LogP contribution in [0, 0.1) is 5.82 Å². The first-order chi connectivity index (χ1) is 9.72. The molecule has 1 rings (SSSR count). The van der Waals surface area contributed by atoms with Crippen molar-refractivity contribution in [2.45, 2.75) is 25.8 Å². The molecule has 0 aliphatic heterocycles. The smallest absolute Gasteiger partial charge is 0.221 e. The number of amides is 1. The van der Waals surface area contributed by atoms with E-state index in [2.05, 4.69) is 5.32 Å². The van der Waals surface area contributed by atoms with Gasteiger partial charge in [-0.1, -0.05) is 18.2 Å². The third-order valence-electron chi connectivity index (χ3n) is 3.03. The zero-order chi connectivity index (χ0) is 16.0. The number of nitrogens with zero attached hydrogens (tertiary/aromatic N) is 1. The van der Waals surface area contributed by atoms with Gasteiger partial charge in [0, 0.05) is 26.6 Å². The first kappa shape index (κ1) is 17.6. The van der Waals surface area contributed by atoms with E-state index in [-0.39, 0.29) is 29.9 Å². The molecule has 118 valence electrons. The number of benzene rings is 1. The van der Waals surface area contributed by atoms with E-state index in [0.29, 0.717) is 12.0 Å². The number of hydrogen-bond donors (Lipinski definition) is 1. The lowest BCUT2D eigenvalue weighted by atomic mass is 10.1. The van der Waals surface area contributed by atoms with Gasteiger partial charge in [0.2, 0.25) is 15.9 Å². The van der Waals surface area contributed by atoms with Crippen LogP contribution in [-0.2, 0) is 21.2 Å². The van der Waals surface area contributed by atoms with Gasteiger partial charge in [-0.25, -0.2) is 17.1 Å². The molecule has 0 fully saturated rings. The van der Waals surface area contributed by atoms with E-state index < -0.39 is 10.0 Å². The average molecular weight is 316 g/mol. The van der Waals surface area contributed by atoms with Gasteiger partial charge >= 0.3 is 0 Å². The van der Waals surface area contributed by atoms with Crippen LogP contribution in [0.2, 0.25) is 0 Å². The molecule has 1 atom stereocenters. The Labute approximate surface area is 125 Å². The van der Waals surface area contributed by atoms with Gasteiger partial charge in [0.05, 0.1) is 5.75 Å². The first-order valence-electron chi connectivity index (χ1n) is 6.65. The normalized spacial score (nSPS) is 13.2. The maximum absolute atomic E-state index is 13.5. The average Bonchev–Trinajstić information content (AvgIpc) is 2.39. The van der Waals surface area contributed by atoms with Crippen LogP contribution in [0.1, 0.15) is 18.9 Å². The van der Waals surface area contributed by atoms with Crippen LogP contribution in [0.15, 0.2) is 24.3 Å². The summed E-state index contributed by atoms with van der Waals surface area (Å²) >= 11 is 0. The first-order valence-corrected chi connectivity index (χ1v) is 8.26. The van der Waals surface area contributed by atoms with Gasteiger partial charge in [0.25, 0.3) is 0 Å². The molecule has 0 bridgehead atoms. The topological polar surface area (TPSA) is 66.5 Å². The minimum absolute atomic E-state index is 0.109. The lowest BCUT2D eigenvalue weighted by molar-refractivity contribution is -0.121. The van der Waals surface area contributed by atoms with Crippen molar-refractivity contribution in [3.05, 3.63) is 35.6 Å². The fourth-order valence-corrected chi connectivity index (χ4v) is 2.60. The Morgan fingerprint density at radius 3 is 2.52 bits per heavy atom. The number of carbonyl (C=O) groups excluding carboxylic acids is 1. The summed E-state index contributed by atoms with van der Waals surface area (Å²) in [7, 11) is -0.533. The second-order valence-corrected chi connectivity index (χ2v) is 7.41. The maximum atomic E-state index is 13.5. The van der Waals surface area contributed by atoms with Crippen LogP contribution >= 0.6 is 0 Å². The van der Waals surface area contributed by atoms with Crippen molar-refractivity contribution in [2.24, 2.45) is 0 Å². The SMILES string of the molecule is C[C@H](Cc1ccccc1F)NC(=O)CCS(=O)(=O)N(C)C. The summed E-state index contributed by atoms with van der Waals surface area (Å²) in [6.45, 7) is 1.75. The molecule has 0 heterocycles. The fourth-order valence-electron chi connectivity index (χ4n) is 1.80. The molecule has 0 saturated heterocycles. The molecule has 5 nitrogen and oxygen atoms in total. The highest BCUT2D eigenvalue weighted by atomic mass is 32.2. The monoisotopic (exact) mass is 316 g/mol. The highest BCUT2D eigenvalue weighted by Gasteiger charge is 2.17. The van der Waals surface area contributed by atoms with Gasteiger partial charge in [-0.3, -0.25) is 4.79 Å². The zero-order valence-corrected chi connectivity index (χ0v) is 13.3. The van der Waals surface area contributed by atoms with E-state index in [1.54, 1.807) is 25.1 Å². The third kappa shape index (κ3) is 5.81. The second-order valence-electron chi connectivity index (χ2n) is 5.11. The van der Waals surface area contributed by atoms with E-state index >= 15 is 0 Å². The predicted octanol–water partition coefficient (Wildman–Crippen LogP) is 1.15. The van der Waals surface area contributed by atoms with Gasteiger partial charge in [-0.2, -0.15) is 0 Å². The van der Waals surface area contributed by atoms with Crippen molar-refractivity contribution in [3.63, 3.8) is 0 Å². The molecule has 0 aromatic heterocycles. The maximum Gasteiger partial charge on any atom is 0.221 e. The van der Waals surface area contributed by atoms with Crippen LogP contribution in [0.25, 0.3) is 0 Å². The van der Waals surface area contributed by atoms with Gasteiger partial charge in [0.1, 0.15) is 5.82 Å². The molecule has 7 heteroatoms. The minimum Gasteiger partial charge on any atom is -0.353 e. The summed E-state index contributed by atoms with van der Waals surface area (Å²) in [6.07, 6.45) is 0.251. The highest BCUT2D eigenvalue weighted by molar-refractivity contribution is 7.89. The molecule has 0 aliphatic carbocycles. The highest BCUT2D eigenvalue weighted by Crippen LogP contribution is 2.09. The molecular formula is C14H21FN2O3S. The molecule has 1 amide bonds. The van der Waals surface area contributed by atoms with Gasteiger partial charge < -0.3 is 5.32 Å². The third-order valence-corrected chi connectivity index (χ3v) is 4.87. The molecule has 1 aromatic rings. The predicted molar refractivity (Wildman–Crippen MR) is 79.8 cm³/mol. The van der Waals surface area contributed by atoms with Crippen LogP contribution in [0.3, 0.4) is 0 Å². The van der Waals surface area contributed by atoms with Crippen molar-refractivity contribution in [2.75, 3.05) is 19.8 Å². The van der Waals surface area contributed by atoms with Crippen LogP contribution in [-0.4, -0.2) is 44.5 Å². The van der Waals surface area contributed by atoms with Crippen molar-refractivity contribution < 1.29 is 17.6 Å². The number of halogens is 1. The molecule has 0 unspecified atom stereocenters. The Balaban J connectivity index is 2.47. The summed E-state index contributed by atoms with van der Waals surface area (Å²) in [5.41, 5.74) is 0.520. The Hall–Kier alpha value is -1.47. The van der Waals surface area contributed by atoms with Gasteiger partial charge in [0.15, 0.2) is 0 Å². The lowest BCUT2D eigenvalue weighted by Gasteiger charge is -2.15. The number of sulfonamides is 1. The van der Waals surface area contributed by atoms with Crippen molar-refractivity contribution in [1.29, 1.82) is 0 Å². The van der Waals surface area contributed by atoms with Crippen molar-refractivity contribution >= 4 is 15.9 Å². The van der Waals surface area contributed by atoms with Crippen LogP contribution in [0.4, 0.5) is 4.39 Å². The number of hydrogen-bond acceptors (Lipinski definition) is 3. The molecule has 1 N–H and O–H groups in total. The largest absolute Gasteiger partial charge is 0.353 e. The fraction of sp³-hybridized carbons (Fsp3) is 0.500. The summed E-state index contributed by atoms with van der Waals surface area (Å²) in [5.74, 6) is -0.906. The van der Waals surface area contributed by atoms with Gasteiger partial charge in [-0.15, -0.1) is 0 Å². The van der Waals surface area contributed by atoms with Crippen molar-refractivity contribution in [3.8, 4) is 0 Å². The Morgan fingerprint density at radius 1 is 1.33 bits per heavy atom. The molecule has 0 aliphatic rings. The summed E-state index contributed by atoms with van der Waals surface area (Å²) in [4.78, 5) is 11.7.